The predicted molar refractivity (Wildman–Crippen MR) is 64.1 cm³/mol. The molecule has 0 fully saturated rings. The van der Waals surface area contributed by atoms with Crippen LogP contribution < -0.4 is 5.32 Å². The molecule has 1 aromatic carbocycles. The summed E-state index contributed by atoms with van der Waals surface area (Å²) in [5, 5.41) is 5.06. The van der Waals surface area contributed by atoms with Crippen LogP contribution in [0.25, 0.3) is 10.9 Å². The van der Waals surface area contributed by atoms with Gasteiger partial charge in [-0.3, -0.25) is 0 Å². The first-order valence-corrected chi connectivity index (χ1v) is 5.48. The van der Waals surface area contributed by atoms with E-state index in [9.17, 15) is 0 Å². The molecule has 2 heterocycles. The second-order valence-electron chi connectivity index (χ2n) is 3.48. The van der Waals surface area contributed by atoms with E-state index in [4.69, 9.17) is 23.8 Å². The van der Waals surface area contributed by atoms with Crippen LogP contribution >= 0.6 is 23.8 Å². The third-order valence-corrected chi connectivity index (χ3v) is 3.11. The molecule has 1 aliphatic rings. The number of hydrogen-bond donors (Lipinski definition) is 1. The van der Waals surface area contributed by atoms with Crippen LogP contribution in [-0.2, 0) is 6.54 Å². The normalized spacial score (nSPS) is 13.9. The number of fused-ring (bicyclic) bond motifs is 3. The lowest BCUT2D eigenvalue weighted by Gasteiger charge is -2.07. The highest BCUT2D eigenvalue weighted by Crippen LogP contribution is 2.27. The Morgan fingerprint density at radius 1 is 1.47 bits per heavy atom. The highest BCUT2D eigenvalue weighted by atomic mass is 35.5. The van der Waals surface area contributed by atoms with Gasteiger partial charge in [0.25, 0.3) is 0 Å². The number of benzene rings is 1. The number of anilines is 1. The molecule has 0 atom stereocenters. The molecule has 3 nitrogen and oxygen atoms in total. The molecule has 0 spiro atoms. The average Bonchev–Trinajstić information content (AvgIpc) is 2.69. The van der Waals surface area contributed by atoms with E-state index in [1.54, 1.807) is 0 Å². The van der Waals surface area contributed by atoms with E-state index in [2.05, 4.69) is 10.3 Å². The first-order valence-electron chi connectivity index (χ1n) is 4.70. The molecule has 3 rings (SSSR count). The van der Waals surface area contributed by atoms with Crippen molar-refractivity contribution in [1.82, 2.24) is 9.55 Å². The Kier molecular flexibility index (Phi) is 1.94. The summed E-state index contributed by atoms with van der Waals surface area (Å²) >= 11 is 11.2. The summed E-state index contributed by atoms with van der Waals surface area (Å²) in [7, 11) is 0. The number of nitrogens with one attached hydrogen (secondary N) is 1. The zero-order valence-electron chi connectivity index (χ0n) is 7.83. The van der Waals surface area contributed by atoms with Crippen molar-refractivity contribution in [2.45, 2.75) is 6.54 Å². The largest absolute Gasteiger partial charge is 0.369 e. The number of halogens is 1. The van der Waals surface area contributed by atoms with Crippen LogP contribution in [-0.4, -0.2) is 16.1 Å². The Morgan fingerprint density at radius 3 is 3.20 bits per heavy atom. The van der Waals surface area contributed by atoms with E-state index in [1.165, 1.54) is 0 Å². The van der Waals surface area contributed by atoms with Crippen LogP contribution in [0.15, 0.2) is 18.2 Å². The topological polar surface area (TPSA) is 29.9 Å². The van der Waals surface area contributed by atoms with Gasteiger partial charge in [0.15, 0.2) is 0 Å². The minimum Gasteiger partial charge on any atom is -0.369 e. The summed E-state index contributed by atoms with van der Waals surface area (Å²) in [5.74, 6) is 1.03. The second-order valence-corrected chi connectivity index (χ2v) is 4.28. The Hall–Kier alpha value is -1.13. The summed E-state index contributed by atoms with van der Waals surface area (Å²) in [4.78, 5) is 4.37. The van der Waals surface area contributed by atoms with Gasteiger partial charge < -0.3 is 9.88 Å². The lowest BCUT2D eigenvalue weighted by atomic mass is 10.2. The highest BCUT2D eigenvalue weighted by Gasteiger charge is 2.14. The summed E-state index contributed by atoms with van der Waals surface area (Å²) < 4.78 is 2.64. The molecule has 15 heavy (non-hydrogen) atoms. The standard InChI is InChI=1S/C10H8ClN3S/c11-6-1-2-8-7(5-6)9-12-3-4-14(9)10(15)13-8/h1-2,5,12H,3-4H2. The van der Waals surface area contributed by atoms with Crippen LogP contribution in [0, 0.1) is 4.77 Å². The van der Waals surface area contributed by atoms with E-state index in [1.807, 2.05) is 22.8 Å². The number of rotatable bonds is 0. The molecule has 0 amide bonds. The van der Waals surface area contributed by atoms with Crippen LogP contribution in [0.2, 0.25) is 5.02 Å². The molecule has 0 radical (unpaired) electrons. The SMILES string of the molecule is S=c1nc2ccc(Cl)cc2c2n1CCN2. The van der Waals surface area contributed by atoms with Crippen LogP contribution in [0.4, 0.5) is 5.82 Å². The van der Waals surface area contributed by atoms with Gasteiger partial charge in [-0.1, -0.05) is 11.6 Å². The third-order valence-electron chi connectivity index (χ3n) is 2.56. The van der Waals surface area contributed by atoms with Gasteiger partial charge in [-0.25, -0.2) is 4.98 Å². The van der Waals surface area contributed by atoms with Crippen molar-refractivity contribution < 1.29 is 0 Å². The molecule has 0 aliphatic carbocycles. The maximum atomic E-state index is 5.97. The first-order chi connectivity index (χ1) is 7.25. The maximum Gasteiger partial charge on any atom is 0.201 e. The monoisotopic (exact) mass is 237 g/mol. The van der Waals surface area contributed by atoms with E-state index in [0.29, 0.717) is 4.77 Å². The van der Waals surface area contributed by atoms with Gasteiger partial charge >= 0.3 is 0 Å². The summed E-state index contributed by atoms with van der Waals surface area (Å²) in [6.07, 6.45) is 0. The van der Waals surface area contributed by atoms with Crippen LogP contribution in [0.3, 0.4) is 0 Å². The maximum absolute atomic E-state index is 5.97. The van der Waals surface area contributed by atoms with Crippen molar-refractivity contribution in [3.05, 3.63) is 28.0 Å². The van der Waals surface area contributed by atoms with Gasteiger partial charge in [-0.2, -0.15) is 0 Å². The third kappa shape index (κ3) is 1.33. The molecule has 0 unspecified atom stereocenters. The van der Waals surface area contributed by atoms with Crippen LogP contribution in [0.1, 0.15) is 0 Å². The van der Waals surface area contributed by atoms with E-state index < -0.39 is 0 Å². The van der Waals surface area contributed by atoms with Crippen LogP contribution in [0.5, 0.6) is 0 Å². The van der Waals surface area contributed by atoms with Gasteiger partial charge in [0.2, 0.25) is 4.77 Å². The highest BCUT2D eigenvalue weighted by molar-refractivity contribution is 7.71. The molecule has 0 saturated carbocycles. The number of aromatic nitrogens is 2. The minimum absolute atomic E-state index is 0.629. The Labute approximate surface area is 96.7 Å². The van der Waals surface area contributed by atoms with Crippen molar-refractivity contribution in [2.24, 2.45) is 0 Å². The van der Waals surface area contributed by atoms with Crippen molar-refractivity contribution in [2.75, 3.05) is 11.9 Å². The molecular weight excluding hydrogens is 230 g/mol. The van der Waals surface area contributed by atoms with Crippen molar-refractivity contribution in [1.29, 1.82) is 0 Å². The fourth-order valence-corrected chi connectivity index (χ4v) is 2.34. The Balaban J connectivity index is 2.49. The number of nitrogens with zero attached hydrogens (tertiary/aromatic N) is 2. The molecule has 76 valence electrons. The summed E-state index contributed by atoms with van der Waals surface area (Å²) in [5.41, 5.74) is 0.894. The molecule has 5 heteroatoms. The number of hydrogen-bond acceptors (Lipinski definition) is 3. The van der Waals surface area contributed by atoms with Crippen molar-refractivity contribution >= 4 is 40.5 Å². The molecule has 1 aliphatic heterocycles. The Bertz CT molecular complexity index is 605. The fourth-order valence-electron chi connectivity index (χ4n) is 1.88. The smallest absolute Gasteiger partial charge is 0.201 e. The van der Waals surface area contributed by atoms with E-state index >= 15 is 0 Å². The lowest BCUT2D eigenvalue weighted by Crippen LogP contribution is -1.98. The molecule has 0 saturated heterocycles. The van der Waals surface area contributed by atoms with Gasteiger partial charge in [0.05, 0.1) is 5.52 Å². The minimum atomic E-state index is 0.629. The molecule has 2 aromatic rings. The zero-order valence-corrected chi connectivity index (χ0v) is 9.40. The van der Waals surface area contributed by atoms with E-state index in [0.717, 1.165) is 34.8 Å². The molecular formula is C10H8ClN3S. The molecule has 1 aromatic heterocycles. The van der Waals surface area contributed by atoms with Gasteiger partial charge in [-0.05, 0) is 30.4 Å². The first kappa shape index (κ1) is 9.12. The summed E-state index contributed by atoms with van der Waals surface area (Å²) in [6.45, 7) is 1.78. The quantitative estimate of drug-likeness (QED) is 0.715. The Morgan fingerprint density at radius 2 is 2.33 bits per heavy atom. The zero-order chi connectivity index (χ0) is 10.4. The van der Waals surface area contributed by atoms with E-state index in [-0.39, 0.29) is 0 Å². The fraction of sp³-hybridized carbons (Fsp3) is 0.200. The van der Waals surface area contributed by atoms with Gasteiger partial charge in [0, 0.05) is 23.5 Å². The second kappa shape index (κ2) is 3.18. The molecule has 1 N–H and O–H groups in total. The summed E-state index contributed by atoms with van der Waals surface area (Å²) in [6, 6.07) is 5.65. The lowest BCUT2D eigenvalue weighted by molar-refractivity contribution is 0.773. The molecule has 0 bridgehead atoms. The predicted octanol–water partition coefficient (Wildman–Crippen LogP) is 2.84. The van der Waals surface area contributed by atoms with Gasteiger partial charge in [0.1, 0.15) is 5.82 Å². The van der Waals surface area contributed by atoms with Gasteiger partial charge in [-0.15, -0.1) is 0 Å². The van der Waals surface area contributed by atoms with Crippen molar-refractivity contribution in [3.8, 4) is 0 Å². The van der Waals surface area contributed by atoms with Crippen molar-refractivity contribution in [3.63, 3.8) is 0 Å². The average molecular weight is 238 g/mol.